The molecule has 0 amide bonds. The van der Waals surface area contributed by atoms with Gasteiger partial charge in [-0.3, -0.25) is 4.79 Å². The van der Waals surface area contributed by atoms with Crippen LogP contribution in [0.3, 0.4) is 0 Å². The highest BCUT2D eigenvalue weighted by Crippen LogP contribution is 2.38. The maximum Gasteiger partial charge on any atom is 0.346 e. The minimum atomic E-state index is -0.758. The van der Waals surface area contributed by atoms with E-state index in [4.69, 9.17) is 9.47 Å². The molecule has 0 saturated carbocycles. The normalized spacial score (nSPS) is 15.7. The summed E-state index contributed by atoms with van der Waals surface area (Å²) >= 11 is 0. The molecule has 0 aliphatic carbocycles. The Bertz CT molecular complexity index is 978. The number of esters is 1. The van der Waals surface area contributed by atoms with Crippen LogP contribution in [0, 0.1) is 6.92 Å². The van der Waals surface area contributed by atoms with Crippen molar-refractivity contribution < 1.29 is 23.8 Å². The van der Waals surface area contributed by atoms with Crippen molar-refractivity contribution in [3.63, 3.8) is 0 Å². The zero-order chi connectivity index (χ0) is 21.3. The average Bonchev–Trinajstić information content (AvgIpc) is 2.96. The van der Waals surface area contributed by atoms with Crippen LogP contribution in [0.15, 0.2) is 42.2 Å². The van der Waals surface area contributed by atoms with E-state index in [9.17, 15) is 9.59 Å². The van der Waals surface area contributed by atoms with Crippen LogP contribution >= 0.6 is 0 Å². The summed E-state index contributed by atoms with van der Waals surface area (Å²) in [5.74, 6) is 0.511. The van der Waals surface area contributed by atoms with Crippen molar-refractivity contribution in [2.45, 2.75) is 46.1 Å². The van der Waals surface area contributed by atoms with E-state index in [1.165, 1.54) is 12.7 Å². The second-order valence-electron chi connectivity index (χ2n) is 8.21. The molecule has 1 aliphatic heterocycles. The number of ketones is 1. The summed E-state index contributed by atoms with van der Waals surface area (Å²) in [6.07, 6.45) is 0.983. The fourth-order valence-electron chi connectivity index (χ4n) is 3.19. The van der Waals surface area contributed by atoms with Gasteiger partial charge in [0.1, 0.15) is 11.5 Å². The number of ether oxygens (including phenoxy) is 3. The maximum absolute atomic E-state index is 12.8. The number of rotatable bonds is 4. The number of Topliss-reactive ketones (excluding diaryl/α,β-unsaturated/α-hetero) is 1. The SMILES string of the molecule is COC(=O)C(C)Oc1cc(C)c2c(c1)O/C(=C\c1ccc(C(C)(C)C)cc1)C2=O. The highest BCUT2D eigenvalue weighted by Gasteiger charge is 2.30. The van der Waals surface area contributed by atoms with Gasteiger partial charge in [-0.2, -0.15) is 0 Å². The summed E-state index contributed by atoms with van der Waals surface area (Å²) in [4.78, 5) is 24.4. The standard InChI is InChI=1S/C24H26O5/c1-14-11-18(28-15(2)23(26)27-6)13-19-21(14)22(25)20(29-19)12-16-7-9-17(10-8-16)24(3,4)5/h7-13,15H,1-6H3/b20-12-. The highest BCUT2D eigenvalue weighted by molar-refractivity contribution is 6.15. The van der Waals surface area contributed by atoms with Crippen LogP contribution in [-0.2, 0) is 14.9 Å². The van der Waals surface area contributed by atoms with Crippen molar-refractivity contribution in [3.8, 4) is 11.5 Å². The van der Waals surface area contributed by atoms with Crippen molar-refractivity contribution in [1.29, 1.82) is 0 Å². The van der Waals surface area contributed by atoms with Gasteiger partial charge in [0.05, 0.1) is 12.7 Å². The van der Waals surface area contributed by atoms with Crippen LogP contribution in [0.1, 0.15) is 54.7 Å². The molecule has 29 heavy (non-hydrogen) atoms. The smallest absolute Gasteiger partial charge is 0.346 e. The predicted molar refractivity (Wildman–Crippen MR) is 111 cm³/mol. The van der Waals surface area contributed by atoms with E-state index < -0.39 is 12.1 Å². The van der Waals surface area contributed by atoms with Gasteiger partial charge in [-0.25, -0.2) is 4.79 Å². The molecular formula is C24H26O5. The zero-order valence-electron chi connectivity index (χ0n) is 17.7. The van der Waals surface area contributed by atoms with Crippen molar-refractivity contribution in [2.75, 3.05) is 7.11 Å². The van der Waals surface area contributed by atoms with E-state index in [0.717, 1.165) is 11.1 Å². The third-order valence-electron chi connectivity index (χ3n) is 4.86. The third kappa shape index (κ3) is 4.34. The Morgan fingerprint density at radius 2 is 1.79 bits per heavy atom. The summed E-state index contributed by atoms with van der Waals surface area (Å²) in [6, 6.07) is 11.4. The maximum atomic E-state index is 12.8. The quantitative estimate of drug-likeness (QED) is 0.548. The number of benzene rings is 2. The molecule has 5 heteroatoms. The van der Waals surface area contributed by atoms with Crippen molar-refractivity contribution in [3.05, 3.63) is 64.4 Å². The molecule has 0 N–H and O–H groups in total. The van der Waals surface area contributed by atoms with Gasteiger partial charge >= 0.3 is 5.97 Å². The predicted octanol–water partition coefficient (Wildman–Crippen LogP) is 4.85. The van der Waals surface area contributed by atoms with E-state index >= 15 is 0 Å². The molecule has 1 unspecified atom stereocenters. The van der Waals surface area contributed by atoms with E-state index in [0.29, 0.717) is 17.1 Å². The molecule has 0 spiro atoms. The van der Waals surface area contributed by atoms with Crippen LogP contribution in [0.2, 0.25) is 0 Å². The first-order valence-corrected chi connectivity index (χ1v) is 9.54. The van der Waals surface area contributed by atoms with Crippen LogP contribution in [0.5, 0.6) is 11.5 Å². The first-order chi connectivity index (χ1) is 13.6. The van der Waals surface area contributed by atoms with E-state index in [1.807, 2.05) is 19.1 Å². The Labute approximate surface area is 171 Å². The molecule has 0 bridgehead atoms. The number of allylic oxidation sites excluding steroid dienone is 1. The van der Waals surface area contributed by atoms with Crippen LogP contribution < -0.4 is 9.47 Å². The molecule has 1 atom stereocenters. The molecule has 1 aliphatic rings. The molecule has 5 nitrogen and oxygen atoms in total. The van der Waals surface area contributed by atoms with E-state index in [-0.39, 0.29) is 17.0 Å². The second kappa shape index (κ2) is 7.74. The number of carbonyl (C=O) groups excluding carboxylic acids is 2. The number of fused-ring (bicyclic) bond motifs is 1. The Morgan fingerprint density at radius 3 is 2.38 bits per heavy atom. The van der Waals surface area contributed by atoms with Gasteiger partial charge in [0.25, 0.3) is 0 Å². The molecule has 2 aromatic carbocycles. The lowest BCUT2D eigenvalue weighted by atomic mass is 9.86. The second-order valence-corrected chi connectivity index (χ2v) is 8.21. The summed E-state index contributed by atoms with van der Waals surface area (Å²) in [6.45, 7) is 9.89. The van der Waals surface area contributed by atoms with Gasteiger partial charge < -0.3 is 14.2 Å². The number of carbonyl (C=O) groups is 2. The van der Waals surface area contributed by atoms with Crippen molar-refractivity contribution in [1.82, 2.24) is 0 Å². The van der Waals surface area contributed by atoms with Gasteiger partial charge in [0.2, 0.25) is 5.78 Å². The molecule has 0 radical (unpaired) electrons. The van der Waals surface area contributed by atoms with E-state index in [1.54, 1.807) is 25.1 Å². The van der Waals surface area contributed by atoms with Gasteiger partial charge in [-0.05, 0) is 48.1 Å². The number of hydrogen-bond acceptors (Lipinski definition) is 5. The number of methoxy groups -OCH3 is 1. The summed E-state index contributed by atoms with van der Waals surface area (Å²) < 4.78 is 16.1. The molecule has 3 rings (SSSR count). The van der Waals surface area contributed by atoms with E-state index in [2.05, 4.69) is 37.6 Å². The van der Waals surface area contributed by atoms with Crippen LogP contribution in [-0.4, -0.2) is 25.0 Å². The lowest BCUT2D eigenvalue weighted by Gasteiger charge is -2.18. The van der Waals surface area contributed by atoms with Gasteiger partial charge in [0.15, 0.2) is 11.9 Å². The fraction of sp³-hybridized carbons (Fsp3) is 0.333. The molecule has 2 aromatic rings. The average molecular weight is 394 g/mol. The van der Waals surface area contributed by atoms with Crippen molar-refractivity contribution in [2.24, 2.45) is 0 Å². The minimum absolute atomic E-state index is 0.0659. The Kier molecular flexibility index (Phi) is 5.51. The third-order valence-corrected chi connectivity index (χ3v) is 4.86. The van der Waals surface area contributed by atoms with Gasteiger partial charge in [-0.1, -0.05) is 45.0 Å². The minimum Gasteiger partial charge on any atom is -0.479 e. The zero-order valence-corrected chi connectivity index (χ0v) is 17.7. The lowest BCUT2D eigenvalue weighted by molar-refractivity contribution is -0.147. The number of hydrogen-bond donors (Lipinski definition) is 0. The first-order valence-electron chi connectivity index (χ1n) is 9.54. The Hall–Kier alpha value is -3.08. The molecule has 0 fully saturated rings. The van der Waals surface area contributed by atoms with Crippen LogP contribution in [0.4, 0.5) is 0 Å². The largest absolute Gasteiger partial charge is 0.479 e. The summed E-state index contributed by atoms with van der Waals surface area (Å²) in [5, 5.41) is 0. The molecule has 0 saturated heterocycles. The monoisotopic (exact) mass is 394 g/mol. The first kappa shape index (κ1) is 20.6. The number of aryl methyl sites for hydroxylation is 1. The van der Waals surface area contributed by atoms with Crippen LogP contribution in [0.25, 0.3) is 6.08 Å². The summed E-state index contributed by atoms with van der Waals surface area (Å²) in [7, 11) is 1.31. The topological polar surface area (TPSA) is 61.8 Å². The molecule has 152 valence electrons. The Morgan fingerprint density at radius 1 is 1.14 bits per heavy atom. The fourth-order valence-corrected chi connectivity index (χ4v) is 3.19. The van der Waals surface area contributed by atoms with Gasteiger partial charge in [0, 0.05) is 6.07 Å². The highest BCUT2D eigenvalue weighted by atomic mass is 16.6. The van der Waals surface area contributed by atoms with Gasteiger partial charge in [-0.15, -0.1) is 0 Å². The molecule has 1 heterocycles. The lowest BCUT2D eigenvalue weighted by Crippen LogP contribution is -2.24. The summed E-state index contributed by atoms with van der Waals surface area (Å²) in [5.41, 5.74) is 3.42. The molecular weight excluding hydrogens is 368 g/mol. The Balaban J connectivity index is 1.85. The van der Waals surface area contributed by atoms with Crippen molar-refractivity contribution >= 4 is 17.8 Å². The molecule has 0 aromatic heterocycles.